The van der Waals surface area contributed by atoms with Crippen LogP contribution in [0.5, 0.6) is 5.75 Å². The van der Waals surface area contributed by atoms with E-state index in [0.717, 1.165) is 21.7 Å². The van der Waals surface area contributed by atoms with Gasteiger partial charge in [0.2, 0.25) is 21.8 Å². The summed E-state index contributed by atoms with van der Waals surface area (Å²) in [6, 6.07) is 24.4. The summed E-state index contributed by atoms with van der Waals surface area (Å²) >= 11 is 0. The zero-order chi connectivity index (χ0) is 28.6. The smallest absolute Gasteiger partial charge is 0.244 e. The number of carbonyl (C=O) groups is 2. The van der Waals surface area contributed by atoms with E-state index in [-0.39, 0.29) is 18.9 Å². The van der Waals surface area contributed by atoms with Crippen molar-refractivity contribution in [3.63, 3.8) is 0 Å². The largest absolute Gasteiger partial charge is 0.497 e. The van der Waals surface area contributed by atoms with Crippen LogP contribution in [0, 0.1) is 0 Å². The third-order valence-corrected chi connectivity index (χ3v) is 7.13. The number of rotatable bonds is 11. The molecule has 2 amide bonds. The molecule has 1 atom stereocenters. The van der Waals surface area contributed by atoms with E-state index in [4.69, 9.17) is 4.74 Å². The summed E-state index contributed by atoms with van der Waals surface area (Å²) in [7, 11) is -2.36. The maximum Gasteiger partial charge on any atom is 0.244 e. The van der Waals surface area contributed by atoms with E-state index >= 15 is 0 Å². The molecule has 1 N–H and O–H groups in total. The first kappa shape index (κ1) is 29.7. The van der Waals surface area contributed by atoms with Crippen LogP contribution >= 0.6 is 0 Å². The fourth-order valence-corrected chi connectivity index (χ4v) is 5.01. The molecule has 0 heterocycles. The molecule has 0 saturated heterocycles. The Labute approximate surface area is 231 Å². The Hall–Kier alpha value is -3.85. The van der Waals surface area contributed by atoms with Gasteiger partial charge in [-0.05, 0) is 44.0 Å². The van der Waals surface area contributed by atoms with Crippen molar-refractivity contribution in [3.05, 3.63) is 96.1 Å². The number of ether oxygens (including phenoxy) is 1. The van der Waals surface area contributed by atoms with Gasteiger partial charge >= 0.3 is 0 Å². The Balaban J connectivity index is 2.06. The van der Waals surface area contributed by atoms with Gasteiger partial charge in [-0.25, -0.2) is 8.42 Å². The summed E-state index contributed by atoms with van der Waals surface area (Å²) in [6.07, 6.45) is 1.31. The fourth-order valence-electron chi connectivity index (χ4n) is 4.17. The molecule has 39 heavy (non-hydrogen) atoms. The summed E-state index contributed by atoms with van der Waals surface area (Å²) < 4.78 is 32.0. The Morgan fingerprint density at radius 2 is 1.49 bits per heavy atom. The number of nitrogens with zero attached hydrogens (tertiary/aromatic N) is 2. The molecule has 0 bridgehead atoms. The van der Waals surface area contributed by atoms with E-state index in [9.17, 15) is 18.0 Å². The van der Waals surface area contributed by atoms with Crippen LogP contribution in [0.1, 0.15) is 31.9 Å². The van der Waals surface area contributed by atoms with Gasteiger partial charge in [0.05, 0.1) is 19.1 Å². The first-order chi connectivity index (χ1) is 18.4. The molecule has 3 aromatic carbocycles. The lowest BCUT2D eigenvalue weighted by atomic mass is 10.0. The second-order valence-corrected chi connectivity index (χ2v) is 12.3. The molecule has 0 aliphatic heterocycles. The number of sulfonamides is 1. The van der Waals surface area contributed by atoms with Gasteiger partial charge in [0.25, 0.3) is 0 Å². The third-order valence-electron chi connectivity index (χ3n) is 5.99. The molecule has 0 aliphatic rings. The monoisotopic (exact) mass is 551 g/mol. The van der Waals surface area contributed by atoms with Gasteiger partial charge in [-0.15, -0.1) is 0 Å². The maximum atomic E-state index is 14.0. The highest BCUT2D eigenvalue weighted by Gasteiger charge is 2.34. The van der Waals surface area contributed by atoms with Crippen molar-refractivity contribution in [3.8, 4) is 5.75 Å². The fraction of sp³-hybridized carbons (Fsp3) is 0.333. The molecule has 0 saturated carbocycles. The highest BCUT2D eigenvalue weighted by Crippen LogP contribution is 2.24. The number of hydrogen-bond donors (Lipinski definition) is 1. The highest BCUT2D eigenvalue weighted by atomic mass is 32.2. The van der Waals surface area contributed by atoms with Crippen molar-refractivity contribution in [1.29, 1.82) is 0 Å². The van der Waals surface area contributed by atoms with Gasteiger partial charge < -0.3 is 15.0 Å². The zero-order valence-corrected chi connectivity index (χ0v) is 23.9. The van der Waals surface area contributed by atoms with E-state index in [1.165, 1.54) is 12.0 Å². The number of nitrogens with one attached hydrogen (secondary N) is 1. The maximum absolute atomic E-state index is 14.0. The van der Waals surface area contributed by atoms with Crippen molar-refractivity contribution in [2.45, 2.75) is 45.3 Å². The minimum absolute atomic E-state index is 0.129. The van der Waals surface area contributed by atoms with E-state index in [2.05, 4.69) is 5.32 Å². The van der Waals surface area contributed by atoms with Crippen LogP contribution in [-0.4, -0.2) is 56.6 Å². The average Bonchev–Trinajstić information content (AvgIpc) is 2.88. The molecule has 208 valence electrons. The van der Waals surface area contributed by atoms with Crippen molar-refractivity contribution >= 4 is 27.5 Å². The molecular formula is C30H37N3O5S. The molecule has 0 aromatic heterocycles. The summed E-state index contributed by atoms with van der Waals surface area (Å²) in [5.41, 5.74) is 1.46. The first-order valence-electron chi connectivity index (χ1n) is 12.7. The van der Waals surface area contributed by atoms with Crippen LogP contribution in [0.15, 0.2) is 84.9 Å². The van der Waals surface area contributed by atoms with Crippen LogP contribution in [0.25, 0.3) is 0 Å². The van der Waals surface area contributed by atoms with Crippen molar-refractivity contribution in [2.75, 3.05) is 24.2 Å². The Morgan fingerprint density at radius 3 is 2.03 bits per heavy atom. The molecule has 0 aliphatic carbocycles. The standard InChI is InChI=1S/C30H37N3O5S/c1-30(2,3)31-29(35)27(19-23-13-8-6-9-14-23)32(21-24-15-10-7-11-16-24)28(34)22-33(39(5,36)37)25-17-12-18-26(20-25)38-4/h6-18,20,27H,19,21-22H2,1-5H3,(H,31,35). The number of anilines is 1. The summed E-state index contributed by atoms with van der Waals surface area (Å²) in [5, 5.41) is 3.01. The lowest BCUT2D eigenvalue weighted by Crippen LogP contribution is -2.56. The topological polar surface area (TPSA) is 96.0 Å². The molecule has 0 spiro atoms. The molecule has 3 aromatic rings. The van der Waals surface area contributed by atoms with E-state index < -0.39 is 34.1 Å². The Kier molecular flexibility index (Phi) is 9.75. The normalized spacial score (nSPS) is 12.3. The lowest BCUT2D eigenvalue weighted by molar-refractivity contribution is -0.140. The molecule has 8 nitrogen and oxygen atoms in total. The quantitative estimate of drug-likeness (QED) is 0.389. The van der Waals surface area contributed by atoms with Gasteiger partial charge in [0.1, 0.15) is 18.3 Å². The van der Waals surface area contributed by atoms with Gasteiger partial charge in [-0.2, -0.15) is 0 Å². The van der Waals surface area contributed by atoms with Crippen molar-refractivity contribution in [1.82, 2.24) is 10.2 Å². The minimum atomic E-state index is -3.85. The number of hydrogen-bond acceptors (Lipinski definition) is 5. The van der Waals surface area contributed by atoms with E-state index in [0.29, 0.717) is 11.4 Å². The van der Waals surface area contributed by atoms with Crippen molar-refractivity contribution < 1.29 is 22.7 Å². The van der Waals surface area contributed by atoms with Crippen LogP contribution in [0.3, 0.4) is 0 Å². The number of benzene rings is 3. The summed E-state index contributed by atoms with van der Waals surface area (Å²) in [6.45, 7) is 5.28. The average molecular weight is 552 g/mol. The lowest BCUT2D eigenvalue weighted by Gasteiger charge is -2.35. The second-order valence-electron chi connectivity index (χ2n) is 10.4. The van der Waals surface area contributed by atoms with E-state index in [1.807, 2.05) is 81.4 Å². The van der Waals surface area contributed by atoms with Crippen LogP contribution in [0.2, 0.25) is 0 Å². The molecule has 0 radical (unpaired) electrons. The third kappa shape index (κ3) is 8.85. The summed E-state index contributed by atoms with van der Waals surface area (Å²) in [4.78, 5) is 29.2. The van der Waals surface area contributed by atoms with Gasteiger partial charge in [-0.1, -0.05) is 66.7 Å². The molecule has 1 unspecified atom stereocenters. The van der Waals surface area contributed by atoms with Gasteiger partial charge in [-0.3, -0.25) is 13.9 Å². The molecule has 3 rings (SSSR count). The van der Waals surface area contributed by atoms with E-state index in [1.54, 1.807) is 24.3 Å². The van der Waals surface area contributed by atoms with Crippen LogP contribution < -0.4 is 14.4 Å². The molecule has 9 heteroatoms. The zero-order valence-electron chi connectivity index (χ0n) is 23.1. The van der Waals surface area contributed by atoms with Gasteiger partial charge in [0, 0.05) is 24.6 Å². The van der Waals surface area contributed by atoms with Crippen molar-refractivity contribution in [2.24, 2.45) is 0 Å². The number of carbonyl (C=O) groups excluding carboxylic acids is 2. The Bertz CT molecular complexity index is 1360. The predicted octanol–water partition coefficient (Wildman–Crippen LogP) is 4.02. The van der Waals surface area contributed by atoms with Crippen LogP contribution in [0.4, 0.5) is 5.69 Å². The first-order valence-corrected chi connectivity index (χ1v) is 14.5. The molecular weight excluding hydrogens is 514 g/mol. The minimum Gasteiger partial charge on any atom is -0.497 e. The SMILES string of the molecule is COc1cccc(N(CC(=O)N(Cc2ccccc2)C(Cc2ccccc2)C(=O)NC(C)(C)C)S(C)(=O)=O)c1. The Morgan fingerprint density at radius 1 is 0.897 bits per heavy atom. The van der Waals surface area contributed by atoms with Gasteiger partial charge in [0.15, 0.2) is 0 Å². The molecule has 0 fully saturated rings. The summed E-state index contributed by atoms with van der Waals surface area (Å²) in [5.74, 6) is -0.360. The predicted molar refractivity (Wildman–Crippen MR) is 154 cm³/mol. The number of methoxy groups -OCH3 is 1. The second kappa shape index (κ2) is 12.8. The highest BCUT2D eigenvalue weighted by molar-refractivity contribution is 7.92. The van der Waals surface area contributed by atoms with Crippen LogP contribution in [-0.2, 0) is 32.6 Å². The number of amides is 2.